The Kier molecular flexibility index (Phi) is 6.46. The maximum atomic E-state index is 13.1. The van der Waals surface area contributed by atoms with Crippen LogP contribution in [0.2, 0.25) is 0 Å². The van der Waals surface area contributed by atoms with Crippen LogP contribution in [0.4, 0.5) is 11.4 Å². The van der Waals surface area contributed by atoms with Crippen LogP contribution in [-0.2, 0) is 10.0 Å². The zero-order valence-corrected chi connectivity index (χ0v) is 20.4. The molecule has 0 spiro atoms. The second-order valence-electron chi connectivity index (χ2n) is 8.32. The van der Waals surface area contributed by atoms with E-state index >= 15 is 0 Å². The van der Waals surface area contributed by atoms with Gasteiger partial charge in [0.1, 0.15) is 5.75 Å². The lowest BCUT2D eigenvalue weighted by atomic mass is 10.1. The lowest BCUT2D eigenvalue weighted by Crippen LogP contribution is -2.54. The molecule has 2 aromatic carbocycles. The number of piperazine rings is 1. The van der Waals surface area contributed by atoms with Crippen molar-refractivity contribution in [1.82, 2.24) is 5.32 Å². The molecule has 1 aliphatic rings. The summed E-state index contributed by atoms with van der Waals surface area (Å²) in [6, 6.07) is 15.4. The Labute approximate surface area is 194 Å². The van der Waals surface area contributed by atoms with Gasteiger partial charge < -0.3 is 15.0 Å². The summed E-state index contributed by atoms with van der Waals surface area (Å²) in [5, 5.41) is 5.53. The van der Waals surface area contributed by atoms with Crippen molar-refractivity contribution in [2.45, 2.75) is 37.8 Å². The topological polar surface area (TPSA) is 70.7 Å². The number of thiophene rings is 1. The van der Waals surface area contributed by atoms with Crippen LogP contribution in [0.15, 0.2) is 58.8 Å². The molecule has 170 valence electrons. The first kappa shape index (κ1) is 22.6. The number of sulfonamides is 1. The molecule has 1 aromatic heterocycles. The summed E-state index contributed by atoms with van der Waals surface area (Å²) in [5.41, 5.74) is 3.37. The highest BCUT2D eigenvalue weighted by molar-refractivity contribution is 7.92. The van der Waals surface area contributed by atoms with Gasteiger partial charge in [-0.25, -0.2) is 8.42 Å². The average molecular weight is 472 g/mol. The molecule has 2 N–H and O–H groups in total. The number of anilines is 2. The molecule has 1 fully saturated rings. The minimum Gasteiger partial charge on any atom is -0.495 e. The maximum absolute atomic E-state index is 13.1. The van der Waals surface area contributed by atoms with E-state index in [-0.39, 0.29) is 4.90 Å². The molecule has 0 bridgehead atoms. The van der Waals surface area contributed by atoms with Gasteiger partial charge in [0.2, 0.25) is 0 Å². The van der Waals surface area contributed by atoms with Crippen LogP contribution >= 0.6 is 11.3 Å². The number of aryl methyl sites for hydroxylation is 1. The van der Waals surface area contributed by atoms with Crippen molar-refractivity contribution in [3.8, 4) is 16.2 Å². The Morgan fingerprint density at radius 1 is 1.09 bits per heavy atom. The van der Waals surface area contributed by atoms with Gasteiger partial charge >= 0.3 is 0 Å². The summed E-state index contributed by atoms with van der Waals surface area (Å²) in [6.45, 7) is 7.86. The smallest absolute Gasteiger partial charge is 0.261 e. The Morgan fingerprint density at radius 3 is 2.47 bits per heavy atom. The number of nitrogens with one attached hydrogen (secondary N) is 2. The molecular weight excluding hydrogens is 442 g/mol. The quantitative estimate of drug-likeness (QED) is 0.544. The number of hydrogen-bond acceptors (Lipinski definition) is 6. The summed E-state index contributed by atoms with van der Waals surface area (Å²) in [4.78, 5) is 3.61. The SMILES string of the molecule is COc1ccc(NS(=O)(=O)c2ccc(-c3cccs3)c(C)c2)cc1N1C[C@@H](C)N[C@@H](C)C1. The number of hydrogen-bond donors (Lipinski definition) is 2. The first-order chi connectivity index (χ1) is 15.3. The summed E-state index contributed by atoms with van der Waals surface area (Å²) in [7, 11) is -2.09. The first-order valence-corrected chi connectivity index (χ1v) is 13.0. The third-order valence-corrected chi connectivity index (χ3v) is 7.91. The van der Waals surface area contributed by atoms with E-state index in [1.54, 1.807) is 36.6 Å². The molecule has 2 atom stereocenters. The van der Waals surface area contributed by atoms with Gasteiger partial charge in [-0.3, -0.25) is 4.72 Å². The van der Waals surface area contributed by atoms with Crippen molar-refractivity contribution in [2.75, 3.05) is 29.8 Å². The van der Waals surface area contributed by atoms with Crippen molar-refractivity contribution in [1.29, 1.82) is 0 Å². The van der Waals surface area contributed by atoms with Gasteiger partial charge in [0.15, 0.2) is 0 Å². The highest BCUT2D eigenvalue weighted by atomic mass is 32.2. The van der Waals surface area contributed by atoms with E-state index in [0.717, 1.165) is 40.5 Å². The molecule has 0 unspecified atom stereocenters. The standard InChI is InChI=1S/C24H29N3O3S2/c1-16-12-20(8-9-21(16)24-6-5-11-31-24)32(28,29)26-19-7-10-23(30-4)22(13-19)27-14-17(2)25-18(3)15-27/h5-13,17-18,25-26H,14-15H2,1-4H3/t17-,18+. The highest BCUT2D eigenvalue weighted by Crippen LogP contribution is 2.34. The predicted octanol–water partition coefficient (Wildman–Crippen LogP) is 4.72. The normalized spacial score (nSPS) is 19.1. The third kappa shape index (κ3) is 4.77. The third-order valence-electron chi connectivity index (χ3n) is 5.62. The van der Waals surface area contributed by atoms with Gasteiger partial charge in [0.25, 0.3) is 10.0 Å². The first-order valence-electron chi connectivity index (χ1n) is 10.6. The molecule has 32 heavy (non-hydrogen) atoms. The number of rotatable bonds is 6. The summed E-state index contributed by atoms with van der Waals surface area (Å²) < 4.78 is 34.6. The molecule has 4 rings (SSSR count). The second-order valence-corrected chi connectivity index (χ2v) is 10.9. The zero-order chi connectivity index (χ0) is 22.9. The maximum Gasteiger partial charge on any atom is 0.261 e. The van der Waals surface area contributed by atoms with Gasteiger partial charge in [-0.1, -0.05) is 12.1 Å². The molecule has 0 radical (unpaired) electrons. The number of nitrogens with zero attached hydrogens (tertiary/aromatic N) is 1. The van der Waals surface area contributed by atoms with Gasteiger partial charge in [0, 0.05) is 30.1 Å². The van der Waals surface area contributed by atoms with Crippen molar-refractivity contribution in [3.05, 3.63) is 59.5 Å². The lowest BCUT2D eigenvalue weighted by molar-refractivity contribution is 0.391. The minimum atomic E-state index is -3.73. The molecule has 6 nitrogen and oxygen atoms in total. The van der Waals surface area contributed by atoms with E-state index in [0.29, 0.717) is 17.8 Å². The Morgan fingerprint density at radius 2 is 1.84 bits per heavy atom. The van der Waals surface area contributed by atoms with Crippen LogP contribution in [0.3, 0.4) is 0 Å². The van der Waals surface area contributed by atoms with Crippen LogP contribution in [0.5, 0.6) is 5.75 Å². The van der Waals surface area contributed by atoms with Crippen molar-refractivity contribution in [3.63, 3.8) is 0 Å². The van der Waals surface area contributed by atoms with E-state index in [4.69, 9.17) is 4.74 Å². The molecule has 0 aliphatic carbocycles. The zero-order valence-electron chi connectivity index (χ0n) is 18.8. The van der Waals surface area contributed by atoms with Crippen molar-refractivity contribution >= 4 is 32.7 Å². The van der Waals surface area contributed by atoms with E-state index in [1.165, 1.54) is 0 Å². The van der Waals surface area contributed by atoms with Crippen LogP contribution in [0.25, 0.3) is 10.4 Å². The second kappa shape index (κ2) is 9.13. The molecule has 1 aliphatic heterocycles. The Hall–Kier alpha value is -2.55. The van der Waals surface area contributed by atoms with E-state index in [9.17, 15) is 8.42 Å². The molecule has 0 saturated carbocycles. The van der Waals surface area contributed by atoms with Crippen LogP contribution in [0, 0.1) is 6.92 Å². The fourth-order valence-electron chi connectivity index (χ4n) is 4.25. The van der Waals surface area contributed by atoms with Crippen molar-refractivity contribution < 1.29 is 13.2 Å². The fourth-order valence-corrected chi connectivity index (χ4v) is 6.20. The van der Waals surface area contributed by atoms with Gasteiger partial charge in [0.05, 0.1) is 23.4 Å². The van der Waals surface area contributed by atoms with Crippen molar-refractivity contribution in [2.24, 2.45) is 0 Å². The largest absolute Gasteiger partial charge is 0.495 e. The molecule has 3 aromatic rings. The highest BCUT2D eigenvalue weighted by Gasteiger charge is 2.24. The monoisotopic (exact) mass is 471 g/mol. The summed E-state index contributed by atoms with van der Waals surface area (Å²) in [6.07, 6.45) is 0. The lowest BCUT2D eigenvalue weighted by Gasteiger charge is -2.38. The van der Waals surface area contributed by atoms with Crippen LogP contribution < -0.4 is 19.7 Å². The molecule has 1 saturated heterocycles. The molecule has 8 heteroatoms. The average Bonchev–Trinajstić information content (AvgIpc) is 3.27. The predicted molar refractivity (Wildman–Crippen MR) is 133 cm³/mol. The van der Waals surface area contributed by atoms with Gasteiger partial charge in [-0.05, 0) is 73.7 Å². The molecule has 0 amide bonds. The van der Waals surface area contributed by atoms with E-state index in [2.05, 4.69) is 28.8 Å². The summed E-state index contributed by atoms with van der Waals surface area (Å²) in [5.74, 6) is 0.727. The number of benzene rings is 2. The minimum absolute atomic E-state index is 0.247. The van der Waals surface area contributed by atoms with Crippen LogP contribution in [0.1, 0.15) is 19.4 Å². The summed E-state index contributed by atoms with van der Waals surface area (Å²) >= 11 is 1.64. The Balaban J connectivity index is 1.61. The van der Waals surface area contributed by atoms with Crippen LogP contribution in [-0.4, -0.2) is 40.7 Å². The Bertz CT molecular complexity index is 1180. The molecular formula is C24H29N3O3S2. The number of methoxy groups -OCH3 is 1. The molecule has 2 heterocycles. The fraction of sp³-hybridized carbons (Fsp3) is 0.333. The van der Waals surface area contributed by atoms with E-state index in [1.807, 2.05) is 42.6 Å². The number of ether oxygens (including phenoxy) is 1. The van der Waals surface area contributed by atoms with Gasteiger partial charge in [-0.2, -0.15) is 0 Å². The van der Waals surface area contributed by atoms with E-state index < -0.39 is 10.0 Å². The van der Waals surface area contributed by atoms with Gasteiger partial charge in [-0.15, -0.1) is 11.3 Å².